The molecule has 0 fully saturated rings. The van der Waals surface area contributed by atoms with Gasteiger partial charge in [-0.05, 0) is 26.9 Å². The van der Waals surface area contributed by atoms with E-state index in [2.05, 4.69) is 0 Å². The van der Waals surface area contributed by atoms with Gasteiger partial charge in [0.1, 0.15) is 0 Å². The molecule has 11 heavy (non-hydrogen) atoms. The molecule has 0 aromatic carbocycles. The van der Waals surface area contributed by atoms with E-state index in [-0.39, 0.29) is 24.3 Å². The Labute approximate surface area is 79.9 Å². The van der Waals surface area contributed by atoms with Crippen LogP contribution < -0.4 is 18.9 Å². The van der Waals surface area contributed by atoms with Gasteiger partial charge in [-0.25, -0.2) is 6.08 Å². The average molecular weight is 150 g/mol. The first-order chi connectivity index (χ1) is 4.16. The minimum absolute atomic E-state index is 0. The van der Waals surface area contributed by atoms with Gasteiger partial charge in [-0.15, -0.1) is 0 Å². The van der Waals surface area contributed by atoms with Gasteiger partial charge in [-0.3, -0.25) is 0 Å². The maximum atomic E-state index is 9.91. The first kappa shape index (κ1) is 17.1. The molecule has 0 aliphatic heterocycles. The summed E-state index contributed by atoms with van der Waals surface area (Å²) in [5.74, 6) is 0. The van der Waals surface area contributed by atoms with Crippen molar-refractivity contribution in [1.29, 1.82) is 0 Å². The molecule has 0 aromatic heterocycles. The van der Waals surface area contributed by atoms with Crippen LogP contribution in [0.4, 0.5) is 0 Å². The summed E-state index contributed by atoms with van der Waals surface area (Å²) >= 11 is 0. The van der Waals surface area contributed by atoms with Crippen molar-refractivity contribution in [3.63, 3.8) is 0 Å². The van der Waals surface area contributed by atoms with Crippen molar-refractivity contribution in [3.8, 4) is 0 Å². The zero-order valence-corrected chi connectivity index (χ0v) is 7.59. The summed E-state index contributed by atoms with van der Waals surface area (Å²) in [5, 5.41) is 0. The van der Waals surface area contributed by atoms with E-state index >= 15 is 0 Å². The van der Waals surface area contributed by atoms with Crippen molar-refractivity contribution >= 4 is 6.29 Å². The van der Waals surface area contributed by atoms with Crippen molar-refractivity contribution in [2.45, 2.75) is 6.92 Å². The first-order valence-electron chi connectivity index (χ1n) is 2.86. The van der Waals surface area contributed by atoms with Gasteiger partial charge in [0.2, 0.25) is 0 Å². The van der Waals surface area contributed by atoms with Gasteiger partial charge in [0.05, 0.1) is 0 Å². The maximum absolute atomic E-state index is 9.91. The molecule has 4 heteroatoms. The monoisotopic (exact) mass is 150 g/mol. The zero-order valence-electron chi connectivity index (χ0n) is 7.59. The van der Waals surface area contributed by atoms with Gasteiger partial charge < -0.3 is 15.2 Å². The van der Waals surface area contributed by atoms with Crippen molar-refractivity contribution in [1.82, 2.24) is 4.90 Å². The molecule has 0 heterocycles. The number of hydrogen-bond donors (Lipinski definition) is 0. The molecule has 3 nitrogen and oxygen atoms in total. The van der Waals surface area contributed by atoms with Crippen LogP contribution >= 0.6 is 0 Å². The molecule has 0 aliphatic rings. The van der Waals surface area contributed by atoms with E-state index in [0.29, 0.717) is 5.57 Å². The summed E-state index contributed by atoms with van der Waals surface area (Å²) in [6.07, 6.45) is 3.64. The molecular formula is C7H13LiNO2-. The summed E-state index contributed by atoms with van der Waals surface area (Å²) in [6.45, 7) is 2.55. The molecule has 0 spiro atoms. The minimum Gasteiger partial charge on any atom is -0.870 e. The number of nitrogens with zero attached hydrogens (tertiary/aromatic N) is 1. The van der Waals surface area contributed by atoms with Crippen LogP contribution in [0.15, 0.2) is 11.6 Å². The SMILES string of the molecule is C/C([C-]=O)=C\CN(C)C.[Li+].[OH-]. The van der Waals surface area contributed by atoms with Gasteiger partial charge in [-0.2, -0.15) is 5.57 Å². The molecule has 0 saturated carbocycles. The van der Waals surface area contributed by atoms with Crippen LogP contribution in [-0.2, 0) is 4.79 Å². The van der Waals surface area contributed by atoms with Crippen molar-refractivity contribution in [3.05, 3.63) is 11.6 Å². The molecule has 0 bridgehead atoms. The molecule has 0 radical (unpaired) electrons. The van der Waals surface area contributed by atoms with E-state index in [0.717, 1.165) is 6.54 Å². The van der Waals surface area contributed by atoms with E-state index in [1.165, 1.54) is 0 Å². The van der Waals surface area contributed by atoms with Crippen LogP contribution in [0, 0.1) is 0 Å². The second kappa shape index (κ2) is 9.93. The molecule has 0 aromatic rings. The number of allylic oxidation sites excluding steroid dienone is 1. The van der Waals surface area contributed by atoms with E-state index in [9.17, 15) is 4.79 Å². The molecular weight excluding hydrogens is 137 g/mol. The van der Waals surface area contributed by atoms with Gasteiger partial charge >= 0.3 is 18.9 Å². The molecule has 0 unspecified atom stereocenters. The van der Waals surface area contributed by atoms with Gasteiger partial charge in [-0.1, -0.05) is 6.92 Å². The second-order valence-electron chi connectivity index (χ2n) is 2.25. The fraction of sp³-hybridized carbons (Fsp3) is 0.571. The first-order valence-corrected chi connectivity index (χ1v) is 2.86. The van der Waals surface area contributed by atoms with Crippen molar-refractivity contribution in [2.75, 3.05) is 20.6 Å². The third-order valence-corrected chi connectivity index (χ3v) is 0.924. The van der Waals surface area contributed by atoms with E-state index in [1.807, 2.05) is 25.1 Å². The minimum atomic E-state index is 0. The van der Waals surface area contributed by atoms with Crippen LogP contribution in [0.2, 0.25) is 0 Å². The maximum Gasteiger partial charge on any atom is 1.00 e. The van der Waals surface area contributed by atoms with E-state index in [1.54, 1.807) is 13.2 Å². The third-order valence-electron chi connectivity index (χ3n) is 0.924. The molecule has 0 rings (SSSR count). The van der Waals surface area contributed by atoms with Crippen LogP contribution in [0.5, 0.6) is 0 Å². The predicted octanol–water partition coefficient (Wildman–Crippen LogP) is -2.57. The Bertz CT molecular complexity index is 124. The van der Waals surface area contributed by atoms with E-state index < -0.39 is 0 Å². The molecule has 0 amide bonds. The van der Waals surface area contributed by atoms with Crippen LogP contribution in [0.25, 0.3) is 0 Å². The Morgan fingerprint density at radius 2 is 2.00 bits per heavy atom. The predicted molar refractivity (Wildman–Crippen MR) is 39.9 cm³/mol. The van der Waals surface area contributed by atoms with Gasteiger partial charge in [0, 0.05) is 0 Å². The Kier molecular flexibility index (Phi) is 15.5. The number of hydrogen-bond acceptors (Lipinski definition) is 3. The van der Waals surface area contributed by atoms with Gasteiger partial charge in [0.25, 0.3) is 0 Å². The standard InChI is InChI=1S/C7H12NO.Li.H2O/c1-7(6-9)4-5-8(2)3;;/h4H,5H2,1-3H3;;1H2/q-1;+1;/p-1/b7-4+;;. The summed E-state index contributed by atoms with van der Waals surface area (Å²) < 4.78 is 0. The van der Waals surface area contributed by atoms with E-state index in [4.69, 9.17) is 0 Å². The van der Waals surface area contributed by atoms with Crippen LogP contribution in [0.1, 0.15) is 6.92 Å². The molecule has 0 saturated heterocycles. The fourth-order valence-electron chi connectivity index (χ4n) is 0.361. The van der Waals surface area contributed by atoms with Crippen molar-refractivity contribution < 1.29 is 29.1 Å². The number of carbonyl (C=O) groups excluding carboxylic acids is 1. The van der Waals surface area contributed by atoms with Crippen LogP contribution in [0.3, 0.4) is 0 Å². The normalized spacial score (nSPS) is 10.0. The average Bonchev–Trinajstić information content (AvgIpc) is 1.83. The molecule has 0 atom stereocenters. The summed E-state index contributed by atoms with van der Waals surface area (Å²) in [6, 6.07) is 0. The Hall–Kier alpha value is -0.0726. The summed E-state index contributed by atoms with van der Waals surface area (Å²) in [5.41, 5.74) is 0.670. The summed E-state index contributed by atoms with van der Waals surface area (Å²) in [4.78, 5) is 11.9. The topological polar surface area (TPSA) is 50.3 Å². The van der Waals surface area contributed by atoms with Crippen molar-refractivity contribution in [2.24, 2.45) is 0 Å². The Balaban J connectivity index is -0.000000320. The molecule has 0 aliphatic carbocycles. The largest absolute Gasteiger partial charge is 1.00 e. The fourth-order valence-corrected chi connectivity index (χ4v) is 0.361. The molecule has 60 valence electrons. The van der Waals surface area contributed by atoms with Crippen LogP contribution in [-0.4, -0.2) is 37.3 Å². The Morgan fingerprint density at radius 1 is 1.55 bits per heavy atom. The smallest absolute Gasteiger partial charge is 0.870 e. The second-order valence-corrected chi connectivity index (χ2v) is 2.25. The summed E-state index contributed by atoms with van der Waals surface area (Å²) in [7, 11) is 3.91. The number of likely N-dealkylation sites (N-methyl/N-ethyl adjacent to an activating group) is 1. The third kappa shape index (κ3) is 13.0. The zero-order chi connectivity index (χ0) is 7.28. The Morgan fingerprint density at radius 3 is 2.27 bits per heavy atom. The quantitative estimate of drug-likeness (QED) is 0.252. The molecule has 1 N–H and O–H groups in total. The van der Waals surface area contributed by atoms with Gasteiger partial charge in [0.15, 0.2) is 0 Å². The number of rotatable bonds is 3.